The van der Waals surface area contributed by atoms with E-state index in [4.69, 9.17) is 14.6 Å². The number of aliphatic carboxylic acids is 1. The number of hydrogen-bond acceptors (Lipinski definition) is 5. The average molecular weight is 724 g/mol. The van der Waals surface area contributed by atoms with E-state index in [0.717, 1.165) is 12.1 Å². The number of alkyl halides is 9. The molecule has 50 heavy (non-hydrogen) atoms. The van der Waals surface area contributed by atoms with Crippen LogP contribution in [0.1, 0.15) is 79.5 Å². The van der Waals surface area contributed by atoms with Crippen LogP contribution in [0.5, 0.6) is 11.5 Å². The third-order valence-electron chi connectivity index (χ3n) is 8.21. The van der Waals surface area contributed by atoms with E-state index in [9.17, 15) is 49.4 Å². The molecule has 3 aromatic rings. The summed E-state index contributed by atoms with van der Waals surface area (Å²) in [7, 11) is 1.36. The molecule has 2 atom stereocenters. The molecule has 0 aliphatic carbocycles. The highest BCUT2D eigenvalue weighted by Crippen LogP contribution is 2.42. The van der Waals surface area contributed by atoms with Crippen molar-refractivity contribution in [1.29, 1.82) is 0 Å². The van der Waals surface area contributed by atoms with Gasteiger partial charge >= 0.3 is 24.5 Å². The largest absolute Gasteiger partial charge is 0.496 e. The van der Waals surface area contributed by atoms with E-state index in [-0.39, 0.29) is 42.5 Å². The molecule has 0 fully saturated rings. The number of carbonyl (C=O) groups is 1. The Labute approximate surface area is 283 Å². The first-order valence-corrected chi connectivity index (χ1v) is 15.5. The molecular weight excluding hydrogens is 685 g/mol. The second-order valence-electron chi connectivity index (χ2n) is 12.2. The lowest BCUT2D eigenvalue weighted by molar-refractivity contribution is -0.143. The van der Waals surface area contributed by atoms with Crippen LogP contribution in [0.3, 0.4) is 0 Å². The predicted molar refractivity (Wildman–Crippen MR) is 167 cm³/mol. The highest BCUT2D eigenvalue weighted by Gasteiger charge is 2.39. The first-order valence-electron chi connectivity index (χ1n) is 15.5. The molecule has 3 aromatic carbocycles. The maximum absolute atomic E-state index is 14.0. The summed E-state index contributed by atoms with van der Waals surface area (Å²) in [6.45, 7) is 6.14. The van der Waals surface area contributed by atoms with Gasteiger partial charge in [0.15, 0.2) is 0 Å². The predicted octanol–water partition coefficient (Wildman–Crippen LogP) is 9.69. The average Bonchev–Trinajstić information content (AvgIpc) is 3.01. The number of hydrogen-bond donors (Lipinski definition) is 2. The second-order valence-corrected chi connectivity index (χ2v) is 12.2. The fourth-order valence-electron chi connectivity index (χ4n) is 5.52. The summed E-state index contributed by atoms with van der Waals surface area (Å²) >= 11 is 0. The Morgan fingerprint density at radius 3 is 1.86 bits per heavy atom. The highest BCUT2D eigenvalue weighted by molar-refractivity contribution is 5.76. The van der Waals surface area contributed by atoms with Crippen molar-refractivity contribution in [2.75, 3.05) is 13.7 Å². The number of nitrogens with zero attached hydrogens (tertiary/aromatic N) is 1. The van der Waals surface area contributed by atoms with Crippen LogP contribution in [0.4, 0.5) is 39.5 Å². The summed E-state index contributed by atoms with van der Waals surface area (Å²) in [4.78, 5) is 12.3. The molecule has 0 aliphatic heterocycles. The molecule has 2 unspecified atom stereocenters. The summed E-state index contributed by atoms with van der Waals surface area (Å²) in [5.41, 5.74) is -3.63. The van der Waals surface area contributed by atoms with Gasteiger partial charge in [0.05, 0.1) is 36.5 Å². The number of carboxylic acids is 1. The fourth-order valence-corrected chi connectivity index (χ4v) is 5.52. The van der Waals surface area contributed by atoms with E-state index in [0.29, 0.717) is 41.9 Å². The molecule has 276 valence electrons. The third kappa shape index (κ3) is 10.3. The molecule has 0 aliphatic rings. The molecule has 0 radical (unpaired) electrons. The van der Waals surface area contributed by atoms with Gasteiger partial charge in [-0.2, -0.15) is 39.5 Å². The zero-order valence-electron chi connectivity index (χ0n) is 27.9. The van der Waals surface area contributed by atoms with E-state index >= 15 is 0 Å². The van der Waals surface area contributed by atoms with Gasteiger partial charge in [-0.05, 0) is 105 Å². The minimum Gasteiger partial charge on any atom is -0.496 e. The van der Waals surface area contributed by atoms with E-state index in [1.807, 2.05) is 0 Å². The van der Waals surface area contributed by atoms with Gasteiger partial charge in [0.25, 0.3) is 0 Å². The first kappa shape index (κ1) is 40.4. The molecule has 0 amide bonds. The van der Waals surface area contributed by atoms with E-state index in [1.165, 1.54) is 25.0 Å². The van der Waals surface area contributed by atoms with Gasteiger partial charge in [0.2, 0.25) is 0 Å². The minimum atomic E-state index is -5.15. The Hall–Kier alpha value is -3.98. The number of unbranched alkanes of at least 4 members (excludes halogenated alkanes) is 1. The van der Waals surface area contributed by atoms with Crippen LogP contribution in [0.2, 0.25) is 0 Å². The van der Waals surface area contributed by atoms with Gasteiger partial charge in [0.1, 0.15) is 11.5 Å². The van der Waals surface area contributed by atoms with Crippen molar-refractivity contribution in [2.24, 2.45) is 0 Å². The molecule has 0 aromatic heterocycles. The molecule has 2 N–H and O–H groups in total. The number of methoxy groups -OCH3 is 1. The maximum atomic E-state index is 14.0. The molecule has 3 rings (SSSR count). The number of aryl methyl sites for hydroxylation is 1. The molecule has 0 spiro atoms. The zero-order valence-corrected chi connectivity index (χ0v) is 27.9. The minimum absolute atomic E-state index is 0.0537. The lowest BCUT2D eigenvalue weighted by Gasteiger charge is -2.36. The summed E-state index contributed by atoms with van der Waals surface area (Å²) in [6.07, 6.45) is -16.3. The van der Waals surface area contributed by atoms with Gasteiger partial charge < -0.3 is 19.7 Å². The standard InChI is InChI=1S/C35H38F9NO5/c1-19(2)45(21(4)32(48)22-13-25(34(39,40)41)16-26(14-22)35(42,43)44)18-23-15-24(33(36,37)38)9-10-27(23)28-17-29(20(3)12-30(28)49-5)50-11-7-6-8-31(46)47/h9-10,12-17,19,21,32,48H,6-8,11,18H2,1-5H3,(H,46,47). The molecule has 6 nitrogen and oxygen atoms in total. The fraction of sp³-hybridized carbons (Fsp3) is 0.457. The van der Waals surface area contributed by atoms with Crippen molar-refractivity contribution in [3.05, 3.63) is 81.9 Å². The van der Waals surface area contributed by atoms with Gasteiger partial charge in [-0.3, -0.25) is 9.69 Å². The van der Waals surface area contributed by atoms with Crippen LogP contribution >= 0.6 is 0 Å². The number of aliphatic hydroxyl groups is 1. The zero-order chi connectivity index (χ0) is 37.8. The summed E-state index contributed by atoms with van der Waals surface area (Å²) in [5, 5.41) is 20.1. The number of halogens is 9. The van der Waals surface area contributed by atoms with E-state index in [1.54, 1.807) is 32.9 Å². The Bertz CT molecular complexity index is 1600. The van der Waals surface area contributed by atoms with Crippen LogP contribution in [-0.2, 0) is 29.9 Å². The number of benzene rings is 3. The van der Waals surface area contributed by atoms with Crippen LogP contribution in [-0.4, -0.2) is 46.9 Å². The van der Waals surface area contributed by atoms with Crippen molar-refractivity contribution >= 4 is 5.97 Å². The van der Waals surface area contributed by atoms with Gasteiger partial charge in [-0.25, -0.2) is 0 Å². The molecular formula is C35H38F9NO5. The van der Waals surface area contributed by atoms with Gasteiger partial charge in [-0.1, -0.05) is 6.07 Å². The van der Waals surface area contributed by atoms with E-state index < -0.39 is 64.9 Å². The lowest BCUT2D eigenvalue weighted by atomic mass is 9.93. The highest BCUT2D eigenvalue weighted by atomic mass is 19.4. The Morgan fingerprint density at radius 1 is 0.780 bits per heavy atom. The second kappa shape index (κ2) is 15.9. The SMILES string of the molecule is COc1cc(C)c(OCCCCC(=O)O)cc1-c1ccc(C(F)(F)F)cc1CN(C(C)C)C(C)C(O)c1cc(C(F)(F)F)cc(C(F)(F)F)c1. The third-order valence-corrected chi connectivity index (χ3v) is 8.21. The quantitative estimate of drug-likeness (QED) is 0.127. The van der Waals surface area contributed by atoms with Gasteiger partial charge in [-0.15, -0.1) is 0 Å². The van der Waals surface area contributed by atoms with Crippen LogP contribution < -0.4 is 9.47 Å². The molecule has 0 bridgehead atoms. The van der Waals surface area contributed by atoms with Crippen LogP contribution in [0.25, 0.3) is 11.1 Å². The lowest BCUT2D eigenvalue weighted by Crippen LogP contribution is -2.42. The molecule has 0 heterocycles. The van der Waals surface area contributed by atoms with Crippen molar-refractivity contribution in [3.63, 3.8) is 0 Å². The van der Waals surface area contributed by atoms with Crippen LogP contribution in [0.15, 0.2) is 48.5 Å². The molecule has 15 heteroatoms. The molecule has 0 saturated carbocycles. The van der Waals surface area contributed by atoms with Crippen molar-refractivity contribution in [2.45, 2.75) is 90.2 Å². The van der Waals surface area contributed by atoms with E-state index in [2.05, 4.69) is 0 Å². The summed E-state index contributed by atoms with van der Waals surface area (Å²) in [5.74, 6) is -0.327. The first-order chi connectivity index (χ1) is 23.0. The number of carboxylic acid groups (broad SMARTS) is 1. The monoisotopic (exact) mass is 723 g/mol. The van der Waals surface area contributed by atoms with Crippen molar-refractivity contribution in [1.82, 2.24) is 4.90 Å². The Kier molecular flexibility index (Phi) is 12.9. The normalized spacial score (nSPS) is 13.9. The molecule has 0 saturated heterocycles. The summed E-state index contributed by atoms with van der Waals surface area (Å²) < 4.78 is 135. The topological polar surface area (TPSA) is 79.2 Å². The van der Waals surface area contributed by atoms with Crippen molar-refractivity contribution < 1.29 is 64.0 Å². The number of aliphatic hydroxyl groups excluding tert-OH is 1. The number of rotatable bonds is 14. The number of ether oxygens (including phenoxy) is 2. The maximum Gasteiger partial charge on any atom is 0.416 e. The Balaban J connectivity index is 2.11. The Morgan fingerprint density at radius 2 is 1.36 bits per heavy atom. The smallest absolute Gasteiger partial charge is 0.416 e. The van der Waals surface area contributed by atoms with Crippen molar-refractivity contribution in [3.8, 4) is 22.6 Å². The van der Waals surface area contributed by atoms with Crippen LogP contribution in [0, 0.1) is 6.92 Å². The van der Waals surface area contributed by atoms with Gasteiger partial charge in [0, 0.05) is 30.6 Å². The summed E-state index contributed by atoms with van der Waals surface area (Å²) in [6, 6.07) is 5.19.